The van der Waals surface area contributed by atoms with Crippen LogP contribution >= 0.6 is 0 Å². The number of aromatic nitrogens is 3. The first-order valence-corrected chi connectivity index (χ1v) is 8.71. The van der Waals surface area contributed by atoms with Gasteiger partial charge in [0.1, 0.15) is 18.4 Å². The molecule has 0 radical (unpaired) electrons. The van der Waals surface area contributed by atoms with E-state index in [2.05, 4.69) is 10.4 Å². The predicted molar refractivity (Wildman–Crippen MR) is 101 cm³/mol. The SMILES string of the molecule is CCC(C(=O)NC(C)c1cccc(-n2cccc2)c1)n1cc([N+](=O)[O-])cn1. The Morgan fingerprint density at radius 3 is 2.67 bits per heavy atom. The van der Waals surface area contributed by atoms with Crippen molar-refractivity contribution in [3.8, 4) is 5.69 Å². The van der Waals surface area contributed by atoms with E-state index in [1.165, 1.54) is 10.9 Å². The van der Waals surface area contributed by atoms with E-state index >= 15 is 0 Å². The van der Waals surface area contributed by atoms with Crippen molar-refractivity contribution in [3.63, 3.8) is 0 Å². The summed E-state index contributed by atoms with van der Waals surface area (Å²) in [6.45, 7) is 3.75. The third-order valence-electron chi connectivity index (χ3n) is 4.44. The van der Waals surface area contributed by atoms with E-state index < -0.39 is 11.0 Å². The lowest BCUT2D eigenvalue weighted by molar-refractivity contribution is -0.385. The molecule has 2 aromatic heterocycles. The molecule has 0 aliphatic rings. The molecule has 0 bridgehead atoms. The summed E-state index contributed by atoms with van der Waals surface area (Å²) >= 11 is 0. The van der Waals surface area contributed by atoms with Crippen LogP contribution in [0.15, 0.2) is 61.2 Å². The Hall–Kier alpha value is -3.42. The van der Waals surface area contributed by atoms with Crippen LogP contribution in [0, 0.1) is 10.1 Å². The average molecular weight is 367 g/mol. The van der Waals surface area contributed by atoms with E-state index in [1.54, 1.807) is 0 Å². The minimum atomic E-state index is -0.603. The maximum atomic E-state index is 12.7. The van der Waals surface area contributed by atoms with Crippen molar-refractivity contribution in [1.82, 2.24) is 19.7 Å². The second-order valence-corrected chi connectivity index (χ2v) is 6.28. The van der Waals surface area contributed by atoms with Crippen molar-refractivity contribution in [1.29, 1.82) is 0 Å². The summed E-state index contributed by atoms with van der Waals surface area (Å²) in [5.41, 5.74) is 1.85. The van der Waals surface area contributed by atoms with Gasteiger partial charge in [0.25, 0.3) is 0 Å². The molecule has 0 fully saturated rings. The lowest BCUT2D eigenvalue weighted by Gasteiger charge is -2.20. The normalized spacial score (nSPS) is 13.1. The van der Waals surface area contributed by atoms with Gasteiger partial charge in [-0.1, -0.05) is 19.1 Å². The number of carbonyl (C=O) groups excluding carboxylic acids is 1. The summed E-state index contributed by atoms with van der Waals surface area (Å²) in [6, 6.07) is 11.0. The molecule has 0 saturated heterocycles. The van der Waals surface area contributed by atoms with Gasteiger partial charge in [0, 0.05) is 18.1 Å². The van der Waals surface area contributed by atoms with Gasteiger partial charge in [-0.3, -0.25) is 19.6 Å². The van der Waals surface area contributed by atoms with Gasteiger partial charge in [0.05, 0.1) is 11.0 Å². The van der Waals surface area contributed by atoms with Gasteiger partial charge in [-0.15, -0.1) is 0 Å². The molecule has 1 amide bonds. The molecule has 0 saturated carbocycles. The monoisotopic (exact) mass is 367 g/mol. The number of rotatable bonds is 7. The molecule has 140 valence electrons. The summed E-state index contributed by atoms with van der Waals surface area (Å²) in [4.78, 5) is 23.0. The van der Waals surface area contributed by atoms with Gasteiger partial charge >= 0.3 is 5.69 Å². The van der Waals surface area contributed by atoms with Gasteiger partial charge < -0.3 is 9.88 Å². The van der Waals surface area contributed by atoms with Crippen molar-refractivity contribution in [2.45, 2.75) is 32.4 Å². The highest BCUT2D eigenvalue weighted by atomic mass is 16.6. The quantitative estimate of drug-likeness (QED) is 0.511. The van der Waals surface area contributed by atoms with Crippen molar-refractivity contribution in [2.24, 2.45) is 0 Å². The van der Waals surface area contributed by atoms with Crippen LogP contribution in [0.4, 0.5) is 5.69 Å². The molecule has 2 unspecified atom stereocenters. The van der Waals surface area contributed by atoms with Crippen LogP contribution in [-0.2, 0) is 4.79 Å². The minimum Gasteiger partial charge on any atom is -0.348 e. The van der Waals surface area contributed by atoms with Crippen molar-refractivity contribution in [3.05, 3.63) is 76.9 Å². The predicted octanol–water partition coefficient (Wildman–Crippen LogP) is 3.41. The molecule has 8 heteroatoms. The molecular formula is C19H21N5O3. The summed E-state index contributed by atoms with van der Waals surface area (Å²) in [5.74, 6) is -0.227. The number of amides is 1. The lowest BCUT2D eigenvalue weighted by atomic mass is 10.1. The first kappa shape index (κ1) is 18.4. The minimum absolute atomic E-state index is 0.131. The molecule has 3 rings (SSSR count). The second kappa shape index (κ2) is 7.86. The van der Waals surface area contributed by atoms with E-state index in [0.29, 0.717) is 6.42 Å². The third-order valence-corrected chi connectivity index (χ3v) is 4.44. The number of nitro groups is 1. The first-order chi connectivity index (χ1) is 13.0. The highest BCUT2D eigenvalue weighted by Gasteiger charge is 2.23. The lowest BCUT2D eigenvalue weighted by Crippen LogP contribution is -2.34. The molecule has 0 aliphatic carbocycles. The van der Waals surface area contributed by atoms with Crippen LogP contribution in [0.25, 0.3) is 5.69 Å². The number of hydrogen-bond donors (Lipinski definition) is 1. The Morgan fingerprint density at radius 1 is 1.30 bits per heavy atom. The Bertz CT molecular complexity index is 932. The van der Waals surface area contributed by atoms with Crippen LogP contribution in [0.1, 0.15) is 37.9 Å². The van der Waals surface area contributed by atoms with Gasteiger partial charge in [0.2, 0.25) is 5.91 Å². The Kier molecular flexibility index (Phi) is 5.35. The Morgan fingerprint density at radius 2 is 2.04 bits per heavy atom. The molecule has 0 aliphatic heterocycles. The largest absolute Gasteiger partial charge is 0.348 e. The van der Waals surface area contributed by atoms with Gasteiger partial charge in [-0.25, -0.2) is 0 Å². The molecule has 8 nitrogen and oxygen atoms in total. The summed E-state index contributed by atoms with van der Waals surface area (Å²) in [5, 5.41) is 17.8. The third kappa shape index (κ3) is 4.05. The van der Waals surface area contributed by atoms with Crippen LogP contribution in [0.2, 0.25) is 0 Å². The zero-order valence-electron chi connectivity index (χ0n) is 15.1. The van der Waals surface area contributed by atoms with Crippen molar-refractivity contribution < 1.29 is 9.72 Å². The van der Waals surface area contributed by atoms with E-state index in [4.69, 9.17) is 0 Å². The zero-order chi connectivity index (χ0) is 19.4. The molecule has 0 spiro atoms. The van der Waals surface area contributed by atoms with E-state index in [0.717, 1.165) is 17.4 Å². The molecule has 2 atom stereocenters. The van der Waals surface area contributed by atoms with Crippen LogP contribution in [-0.4, -0.2) is 25.2 Å². The molecule has 1 aromatic carbocycles. The number of benzene rings is 1. The Labute approximate surface area is 156 Å². The standard InChI is InChI=1S/C19H21N5O3/c1-3-18(23-13-17(12-20-23)24(26)27)19(25)21-14(2)15-7-6-8-16(11-15)22-9-4-5-10-22/h4-14,18H,3H2,1-2H3,(H,21,25). The molecule has 3 aromatic rings. The smallest absolute Gasteiger partial charge is 0.307 e. The van der Waals surface area contributed by atoms with Crippen LogP contribution in [0.5, 0.6) is 0 Å². The summed E-state index contributed by atoms with van der Waals surface area (Å²) < 4.78 is 3.34. The van der Waals surface area contributed by atoms with Crippen LogP contribution < -0.4 is 5.32 Å². The fraction of sp³-hybridized carbons (Fsp3) is 0.263. The maximum Gasteiger partial charge on any atom is 0.307 e. The zero-order valence-corrected chi connectivity index (χ0v) is 15.1. The molecule has 2 heterocycles. The van der Waals surface area contributed by atoms with Crippen molar-refractivity contribution >= 4 is 11.6 Å². The van der Waals surface area contributed by atoms with E-state index in [-0.39, 0.29) is 17.6 Å². The molecular weight excluding hydrogens is 346 g/mol. The van der Waals surface area contributed by atoms with Crippen LogP contribution in [0.3, 0.4) is 0 Å². The molecule has 27 heavy (non-hydrogen) atoms. The topological polar surface area (TPSA) is 95.0 Å². The highest BCUT2D eigenvalue weighted by molar-refractivity contribution is 5.80. The number of carbonyl (C=O) groups is 1. The second-order valence-electron chi connectivity index (χ2n) is 6.28. The first-order valence-electron chi connectivity index (χ1n) is 8.71. The Balaban J connectivity index is 1.74. The number of hydrogen-bond acceptors (Lipinski definition) is 4. The fourth-order valence-corrected chi connectivity index (χ4v) is 2.94. The van der Waals surface area contributed by atoms with E-state index in [9.17, 15) is 14.9 Å². The number of nitrogens with zero attached hydrogens (tertiary/aromatic N) is 4. The average Bonchev–Trinajstić information content (AvgIpc) is 3.35. The van der Waals surface area contributed by atoms with E-state index in [1.807, 2.05) is 67.2 Å². The molecule has 1 N–H and O–H groups in total. The summed E-state index contributed by atoms with van der Waals surface area (Å²) in [7, 11) is 0. The number of nitrogens with one attached hydrogen (secondary N) is 1. The summed E-state index contributed by atoms with van der Waals surface area (Å²) in [6.07, 6.45) is 6.83. The maximum absolute atomic E-state index is 12.7. The van der Waals surface area contributed by atoms with Crippen molar-refractivity contribution in [2.75, 3.05) is 0 Å². The van der Waals surface area contributed by atoms with Gasteiger partial charge in [-0.2, -0.15) is 5.10 Å². The highest BCUT2D eigenvalue weighted by Crippen LogP contribution is 2.20. The van der Waals surface area contributed by atoms with Gasteiger partial charge in [0.15, 0.2) is 0 Å². The fourth-order valence-electron chi connectivity index (χ4n) is 2.94. The van der Waals surface area contributed by atoms with Gasteiger partial charge in [-0.05, 0) is 43.2 Å².